The molecule has 0 spiro atoms. The summed E-state index contributed by atoms with van der Waals surface area (Å²) in [6.07, 6.45) is 2.66. The van der Waals surface area contributed by atoms with Crippen LogP contribution in [0.1, 0.15) is 17.5 Å². The number of rotatable bonds is 5. The molecule has 150 valence electrons. The molecule has 0 bridgehead atoms. The normalized spacial score (nSPS) is 13.4. The Bertz CT molecular complexity index is 828. The van der Waals surface area contributed by atoms with Gasteiger partial charge >= 0.3 is 0 Å². The number of hydrogen-bond donors (Lipinski definition) is 2. The highest BCUT2D eigenvalue weighted by molar-refractivity contribution is 14.0. The molecule has 0 aliphatic carbocycles. The van der Waals surface area contributed by atoms with E-state index in [2.05, 4.69) is 21.7 Å². The van der Waals surface area contributed by atoms with Gasteiger partial charge in [-0.05, 0) is 48.6 Å². The Balaban J connectivity index is 0.00000280. The summed E-state index contributed by atoms with van der Waals surface area (Å²) < 4.78 is 13.2. The number of carbonyl (C=O) groups is 1. The van der Waals surface area contributed by atoms with Crippen LogP contribution in [0.3, 0.4) is 0 Å². The molecule has 1 amide bonds. The van der Waals surface area contributed by atoms with Crippen molar-refractivity contribution < 1.29 is 9.18 Å². The van der Waals surface area contributed by atoms with Gasteiger partial charge in [-0.15, -0.1) is 24.0 Å². The predicted molar refractivity (Wildman–Crippen MR) is 122 cm³/mol. The van der Waals surface area contributed by atoms with Gasteiger partial charge < -0.3 is 15.5 Å². The summed E-state index contributed by atoms with van der Waals surface area (Å²) in [5, 5.41) is 6.23. The number of aryl methyl sites for hydroxylation is 1. The SMILES string of the molecule is CN=C(NCCc1cccc(F)c1)NCC(=O)N1CCCc2ccccc21.I. The number of halogens is 2. The van der Waals surface area contributed by atoms with Gasteiger partial charge in [0, 0.05) is 25.8 Å². The van der Waals surface area contributed by atoms with Crippen molar-refractivity contribution in [3.8, 4) is 0 Å². The van der Waals surface area contributed by atoms with Gasteiger partial charge in [0.15, 0.2) is 5.96 Å². The fourth-order valence-electron chi connectivity index (χ4n) is 3.29. The summed E-state index contributed by atoms with van der Waals surface area (Å²) in [4.78, 5) is 18.6. The number of anilines is 1. The zero-order valence-electron chi connectivity index (χ0n) is 16.0. The van der Waals surface area contributed by atoms with Gasteiger partial charge in [-0.1, -0.05) is 30.3 Å². The van der Waals surface area contributed by atoms with Crippen LogP contribution in [0.15, 0.2) is 53.5 Å². The van der Waals surface area contributed by atoms with Gasteiger partial charge in [-0.3, -0.25) is 9.79 Å². The van der Waals surface area contributed by atoms with Crippen LogP contribution in [0.4, 0.5) is 10.1 Å². The van der Waals surface area contributed by atoms with Crippen LogP contribution < -0.4 is 15.5 Å². The van der Waals surface area contributed by atoms with Crippen LogP contribution in [0.25, 0.3) is 0 Å². The van der Waals surface area contributed by atoms with Gasteiger partial charge in [-0.25, -0.2) is 4.39 Å². The Morgan fingerprint density at radius 2 is 2.00 bits per heavy atom. The lowest BCUT2D eigenvalue weighted by molar-refractivity contribution is -0.117. The Hall–Kier alpha value is -2.16. The van der Waals surface area contributed by atoms with Crippen LogP contribution in [-0.2, 0) is 17.6 Å². The summed E-state index contributed by atoms with van der Waals surface area (Å²) in [6, 6.07) is 14.6. The number of amides is 1. The Labute approximate surface area is 182 Å². The molecule has 0 aromatic heterocycles. The minimum Gasteiger partial charge on any atom is -0.356 e. The minimum atomic E-state index is -0.234. The molecular weight excluding hydrogens is 470 g/mol. The first-order chi connectivity index (χ1) is 13.2. The minimum absolute atomic E-state index is 0. The van der Waals surface area contributed by atoms with Crippen molar-refractivity contribution in [2.45, 2.75) is 19.3 Å². The van der Waals surface area contributed by atoms with Gasteiger partial charge in [0.25, 0.3) is 0 Å². The highest BCUT2D eigenvalue weighted by atomic mass is 127. The summed E-state index contributed by atoms with van der Waals surface area (Å²) in [5.41, 5.74) is 3.14. The van der Waals surface area contributed by atoms with Gasteiger partial charge in [0.05, 0.1) is 6.54 Å². The topological polar surface area (TPSA) is 56.7 Å². The molecule has 1 aliphatic heterocycles. The molecule has 0 atom stereocenters. The first-order valence-electron chi connectivity index (χ1n) is 9.24. The number of para-hydroxylation sites is 1. The van der Waals surface area contributed by atoms with E-state index in [9.17, 15) is 9.18 Å². The highest BCUT2D eigenvalue weighted by Gasteiger charge is 2.21. The quantitative estimate of drug-likeness (QED) is 0.380. The predicted octanol–water partition coefficient (Wildman–Crippen LogP) is 3.13. The molecule has 0 saturated heterocycles. The van der Waals surface area contributed by atoms with Crippen LogP contribution in [0.5, 0.6) is 0 Å². The number of fused-ring (bicyclic) bond motifs is 1. The first-order valence-corrected chi connectivity index (χ1v) is 9.24. The Kier molecular flexibility index (Phi) is 8.69. The van der Waals surface area contributed by atoms with E-state index in [1.54, 1.807) is 13.1 Å². The number of guanidine groups is 1. The fourth-order valence-corrected chi connectivity index (χ4v) is 3.29. The average molecular weight is 496 g/mol. The van der Waals surface area contributed by atoms with Crippen LogP contribution >= 0.6 is 24.0 Å². The fraction of sp³-hybridized carbons (Fsp3) is 0.333. The molecule has 2 aromatic carbocycles. The van der Waals surface area contributed by atoms with Crippen molar-refractivity contribution in [1.29, 1.82) is 0 Å². The second-order valence-corrected chi connectivity index (χ2v) is 6.51. The molecule has 2 N–H and O–H groups in total. The summed E-state index contributed by atoms with van der Waals surface area (Å²) in [5.74, 6) is 0.350. The maximum atomic E-state index is 13.2. The second kappa shape index (κ2) is 11.0. The largest absolute Gasteiger partial charge is 0.356 e. The molecule has 0 radical (unpaired) electrons. The standard InChI is InChI=1S/C21H25FN4O.HI/c1-23-21(24-12-11-16-6-4-9-18(22)14-16)25-15-20(27)26-13-5-8-17-7-2-3-10-19(17)26;/h2-4,6-7,9-10,14H,5,8,11-13,15H2,1H3,(H2,23,24,25);1H. The van der Waals surface area contributed by atoms with E-state index in [1.807, 2.05) is 29.2 Å². The molecule has 28 heavy (non-hydrogen) atoms. The molecule has 5 nitrogen and oxygen atoms in total. The average Bonchev–Trinajstić information content (AvgIpc) is 2.70. The lowest BCUT2D eigenvalue weighted by Gasteiger charge is -2.29. The summed E-state index contributed by atoms with van der Waals surface area (Å²) >= 11 is 0. The number of carbonyl (C=O) groups excluding carboxylic acids is 1. The van der Waals surface area contributed by atoms with E-state index in [0.29, 0.717) is 18.9 Å². The molecule has 0 saturated carbocycles. The number of nitrogens with one attached hydrogen (secondary N) is 2. The van der Waals surface area contributed by atoms with E-state index in [-0.39, 0.29) is 42.2 Å². The Morgan fingerprint density at radius 3 is 2.79 bits per heavy atom. The third-order valence-electron chi connectivity index (χ3n) is 4.64. The van der Waals surface area contributed by atoms with Crippen molar-refractivity contribution in [2.75, 3.05) is 31.6 Å². The summed E-state index contributed by atoms with van der Waals surface area (Å²) in [7, 11) is 1.66. The van der Waals surface area contributed by atoms with Crippen LogP contribution in [-0.4, -0.2) is 38.5 Å². The molecule has 1 heterocycles. The molecule has 1 aliphatic rings. The zero-order chi connectivity index (χ0) is 19.1. The second-order valence-electron chi connectivity index (χ2n) is 6.51. The number of nitrogens with zero attached hydrogens (tertiary/aromatic N) is 2. The van der Waals surface area contributed by atoms with Gasteiger partial charge in [0.2, 0.25) is 5.91 Å². The lowest BCUT2D eigenvalue weighted by Crippen LogP contribution is -2.46. The smallest absolute Gasteiger partial charge is 0.246 e. The van der Waals surface area contributed by atoms with Crippen molar-refractivity contribution in [3.05, 3.63) is 65.5 Å². The number of benzene rings is 2. The van der Waals surface area contributed by atoms with E-state index < -0.39 is 0 Å². The molecular formula is C21H26FIN4O. The van der Waals surface area contributed by atoms with Crippen molar-refractivity contribution in [2.24, 2.45) is 4.99 Å². The highest BCUT2D eigenvalue weighted by Crippen LogP contribution is 2.26. The van der Waals surface area contributed by atoms with Crippen LogP contribution in [0, 0.1) is 5.82 Å². The number of hydrogen-bond acceptors (Lipinski definition) is 2. The number of aliphatic imine (C=N–C) groups is 1. The molecule has 2 aromatic rings. The third-order valence-corrected chi connectivity index (χ3v) is 4.64. The molecule has 7 heteroatoms. The molecule has 0 fully saturated rings. The van der Waals surface area contributed by atoms with E-state index in [0.717, 1.165) is 30.6 Å². The van der Waals surface area contributed by atoms with E-state index in [1.165, 1.54) is 17.7 Å². The maximum Gasteiger partial charge on any atom is 0.246 e. The lowest BCUT2D eigenvalue weighted by atomic mass is 10.0. The summed E-state index contributed by atoms with van der Waals surface area (Å²) in [6.45, 7) is 1.51. The Morgan fingerprint density at radius 1 is 1.18 bits per heavy atom. The van der Waals surface area contributed by atoms with E-state index >= 15 is 0 Å². The maximum absolute atomic E-state index is 13.2. The van der Waals surface area contributed by atoms with Crippen molar-refractivity contribution >= 4 is 41.5 Å². The van der Waals surface area contributed by atoms with Crippen LogP contribution in [0.2, 0.25) is 0 Å². The molecule has 3 rings (SSSR count). The van der Waals surface area contributed by atoms with E-state index in [4.69, 9.17) is 0 Å². The van der Waals surface area contributed by atoms with Crippen molar-refractivity contribution in [3.63, 3.8) is 0 Å². The van der Waals surface area contributed by atoms with Gasteiger partial charge in [-0.2, -0.15) is 0 Å². The third kappa shape index (κ3) is 5.92. The van der Waals surface area contributed by atoms with Crippen molar-refractivity contribution in [1.82, 2.24) is 10.6 Å². The van der Waals surface area contributed by atoms with Gasteiger partial charge in [0.1, 0.15) is 5.82 Å². The monoisotopic (exact) mass is 496 g/mol. The first kappa shape index (κ1) is 22.1. The molecule has 0 unspecified atom stereocenters. The zero-order valence-corrected chi connectivity index (χ0v) is 18.3.